The summed E-state index contributed by atoms with van der Waals surface area (Å²) in [6, 6.07) is 0. The van der Waals surface area contributed by atoms with E-state index in [0.29, 0.717) is 31.3 Å². The average molecular weight is 568 g/mol. The van der Waals surface area contributed by atoms with Gasteiger partial charge < -0.3 is 9.84 Å². The Morgan fingerprint density at radius 2 is 1.70 bits per heavy atom. The first-order valence-corrected chi connectivity index (χ1v) is 15.3. The third kappa shape index (κ3) is 19.9. The molecule has 0 saturated heterocycles. The zero-order valence-electron chi connectivity index (χ0n) is 27.9. The molecule has 0 aromatic carbocycles. The molecule has 1 rings (SSSR count). The second-order valence-electron chi connectivity index (χ2n) is 10.7. The highest BCUT2D eigenvalue weighted by molar-refractivity contribution is 5.87. The van der Waals surface area contributed by atoms with Crippen LogP contribution in [0.5, 0.6) is 0 Å². The van der Waals surface area contributed by atoms with Crippen LogP contribution in [-0.2, 0) is 14.3 Å². The molecule has 6 heteroatoms. The van der Waals surface area contributed by atoms with E-state index in [9.17, 15) is 19.1 Å². The van der Waals surface area contributed by atoms with Crippen LogP contribution in [0, 0.1) is 17.3 Å². The molecule has 1 N–H and O–H groups in total. The van der Waals surface area contributed by atoms with Gasteiger partial charge in [0.2, 0.25) is 0 Å². The number of aliphatic imine (C=N–C) groups is 1. The maximum absolute atomic E-state index is 14.2. The molecule has 234 valence electrons. The Balaban J connectivity index is -0.000000753. The van der Waals surface area contributed by atoms with Gasteiger partial charge in [-0.05, 0) is 70.9 Å². The van der Waals surface area contributed by atoms with Crippen molar-refractivity contribution in [2.24, 2.45) is 22.2 Å². The Labute approximate surface area is 246 Å². The number of ketones is 1. The van der Waals surface area contributed by atoms with Gasteiger partial charge in [-0.3, -0.25) is 14.6 Å². The van der Waals surface area contributed by atoms with Crippen LogP contribution in [0.4, 0.5) is 4.39 Å². The van der Waals surface area contributed by atoms with Gasteiger partial charge in [-0.25, -0.2) is 4.39 Å². The summed E-state index contributed by atoms with van der Waals surface area (Å²) in [6.45, 7) is 23.3. The fourth-order valence-electron chi connectivity index (χ4n) is 3.88. The smallest absolute Gasteiger partial charge is 0.308 e. The summed E-state index contributed by atoms with van der Waals surface area (Å²) in [4.78, 5) is 28.7. The first-order chi connectivity index (χ1) is 18.8. The molecule has 4 unspecified atom stereocenters. The summed E-state index contributed by atoms with van der Waals surface area (Å²) in [7, 11) is 0. The molecule has 0 saturated carbocycles. The van der Waals surface area contributed by atoms with Gasteiger partial charge >= 0.3 is 5.97 Å². The molecule has 0 aromatic heterocycles. The number of esters is 1. The summed E-state index contributed by atoms with van der Waals surface area (Å²) in [5.41, 5.74) is 0.648. The second-order valence-corrected chi connectivity index (χ2v) is 10.7. The highest BCUT2D eigenvalue weighted by Gasteiger charge is 2.39. The number of carbonyl (C=O) groups is 2. The maximum Gasteiger partial charge on any atom is 0.308 e. The number of rotatable bonds is 3. The zero-order valence-corrected chi connectivity index (χ0v) is 27.9. The van der Waals surface area contributed by atoms with Crippen molar-refractivity contribution in [1.82, 2.24) is 0 Å². The van der Waals surface area contributed by atoms with Crippen molar-refractivity contribution in [2.75, 3.05) is 6.61 Å². The molecule has 0 radical (unpaired) electrons. The van der Waals surface area contributed by atoms with E-state index in [2.05, 4.69) is 18.8 Å². The lowest BCUT2D eigenvalue weighted by molar-refractivity contribution is -0.150. The minimum atomic E-state index is -1.08. The number of alkyl halides is 1. The van der Waals surface area contributed by atoms with E-state index < -0.39 is 23.7 Å². The van der Waals surface area contributed by atoms with E-state index >= 15 is 0 Å². The lowest BCUT2D eigenvalue weighted by atomic mass is 9.74. The number of cyclic esters (lactones) is 1. The maximum atomic E-state index is 14.2. The lowest BCUT2D eigenvalue weighted by Gasteiger charge is -2.32. The highest BCUT2D eigenvalue weighted by Crippen LogP contribution is 2.31. The normalized spacial score (nSPS) is 26.2. The second kappa shape index (κ2) is 25.9. The number of allylic oxidation sites excluding steroid dienone is 4. The van der Waals surface area contributed by atoms with Crippen LogP contribution < -0.4 is 0 Å². The number of hydrogen-bond acceptors (Lipinski definition) is 5. The van der Waals surface area contributed by atoms with E-state index in [0.717, 1.165) is 5.70 Å². The fraction of sp³-hybridized carbons (Fsp3) is 0.735. The topological polar surface area (TPSA) is 76.0 Å². The zero-order chi connectivity index (χ0) is 31.7. The molecular formula is C34H62FNO4. The number of unbranched alkanes of at least 4 members (excludes halogenated alkanes) is 1. The van der Waals surface area contributed by atoms with E-state index in [4.69, 9.17) is 4.74 Å². The summed E-state index contributed by atoms with van der Waals surface area (Å²) in [5.74, 6) is -0.641. The minimum Gasteiger partial charge on any atom is -0.465 e. The monoisotopic (exact) mass is 567 g/mol. The van der Waals surface area contributed by atoms with Crippen molar-refractivity contribution < 1.29 is 23.8 Å². The van der Waals surface area contributed by atoms with Crippen molar-refractivity contribution in [2.45, 2.75) is 140 Å². The van der Waals surface area contributed by atoms with Crippen LogP contribution >= 0.6 is 0 Å². The van der Waals surface area contributed by atoms with Crippen molar-refractivity contribution in [3.63, 3.8) is 0 Å². The number of aliphatic hydroxyl groups excluding tert-OH is 1. The molecular weight excluding hydrogens is 505 g/mol. The highest BCUT2D eigenvalue weighted by atomic mass is 19.1. The number of halogens is 1. The molecule has 1 aliphatic rings. The van der Waals surface area contributed by atoms with Gasteiger partial charge in [0.1, 0.15) is 12.0 Å². The summed E-state index contributed by atoms with van der Waals surface area (Å²) >= 11 is 0. The summed E-state index contributed by atoms with van der Waals surface area (Å²) < 4.78 is 19.3. The van der Waals surface area contributed by atoms with Gasteiger partial charge in [0.25, 0.3) is 0 Å². The molecule has 40 heavy (non-hydrogen) atoms. The van der Waals surface area contributed by atoms with Crippen molar-refractivity contribution in [3.8, 4) is 0 Å². The quantitative estimate of drug-likeness (QED) is 0.159. The van der Waals surface area contributed by atoms with E-state index in [1.165, 1.54) is 12.8 Å². The van der Waals surface area contributed by atoms with E-state index in [-0.39, 0.29) is 30.6 Å². The molecule has 0 aliphatic carbocycles. The van der Waals surface area contributed by atoms with Crippen molar-refractivity contribution >= 4 is 18.0 Å². The molecule has 0 bridgehead atoms. The minimum absolute atomic E-state index is 0.0698. The van der Waals surface area contributed by atoms with Gasteiger partial charge in [0.05, 0.1) is 30.2 Å². The lowest BCUT2D eigenvalue weighted by Crippen LogP contribution is -2.42. The van der Waals surface area contributed by atoms with Gasteiger partial charge in [-0.15, -0.1) is 0 Å². The van der Waals surface area contributed by atoms with Crippen LogP contribution in [0.25, 0.3) is 0 Å². The Hall–Kier alpha value is -2.08. The Bertz CT molecular complexity index is 767. The average Bonchev–Trinajstić information content (AvgIpc) is 2.94. The third-order valence-electron chi connectivity index (χ3n) is 6.70. The molecule has 4 atom stereocenters. The van der Waals surface area contributed by atoms with Gasteiger partial charge in [0, 0.05) is 12.1 Å². The number of nitrogens with zero attached hydrogens (tertiary/aromatic N) is 1. The van der Waals surface area contributed by atoms with Crippen LogP contribution in [0.2, 0.25) is 0 Å². The number of Topliss-reactive ketones (excluding diaryl/α,β-unsaturated/α-hetero) is 1. The Kier molecular flexibility index (Phi) is 27.4. The van der Waals surface area contributed by atoms with Gasteiger partial charge in [-0.1, -0.05) is 86.5 Å². The van der Waals surface area contributed by atoms with Gasteiger partial charge in [0.15, 0.2) is 0 Å². The van der Waals surface area contributed by atoms with Crippen LogP contribution in [0.1, 0.15) is 128 Å². The standard InChI is InChI=1S/C20H33FO4.C8H13N.C4H10.C2H6/c1-13-8-9-16(21)14(2)7-6-10-25-18(23)12-17(22)20(4,5)19(24)15(3)11-13;1-4-7-8(5-2)9-6-3;1-3-4-2;1-2/h7,13,15-17,22H,6,8-12H2,1-5H3;4-7H,1-3H3;3-4H2,1-2H3;1-2H3/b14-7-;7-4-,8-5-,9-6?;;. The third-order valence-corrected chi connectivity index (χ3v) is 6.70. The van der Waals surface area contributed by atoms with E-state index in [1.54, 1.807) is 33.1 Å². The fourth-order valence-corrected chi connectivity index (χ4v) is 3.88. The Morgan fingerprint density at radius 1 is 1.12 bits per heavy atom. The largest absolute Gasteiger partial charge is 0.465 e. The van der Waals surface area contributed by atoms with Crippen molar-refractivity contribution in [1.29, 1.82) is 0 Å². The summed E-state index contributed by atoms with van der Waals surface area (Å²) in [5, 5.41) is 10.4. The van der Waals surface area contributed by atoms with E-state index in [1.807, 2.05) is 66.7 Å². The number of carbonyl (C=O) groups excluding carboxylic acids is 2. The Morgan fingerprint density at radius 3 is 2.17 bits per heavy atom. The molecule has 0 aromatic rings. The number of hydrogen-bond donors (Lipinski definition) is 1. The van der Waals surface area contributed by atoms with Crippen LogP contribution in [-0.4, -0.2) is 42.0 Å². The molecule has 5 nitrogen and oxygen atoms in total. The van der Waals surface area contributed by atoms with Crippen molar-refractivity contribution in [3.05, 3.63) is 35.6 Å². The molecule has 1 aliphatic heterocycles. The number of aliphatic hydroxyl groups is 1. The number of ether oxygens (including phenoxy) is 1. The molecule has 0 amide bonds. The molecule has 1 heterocycles. The SMILES string of the molecule is C/C1=C/CCOC(=O)CC(O)C(C)(C)C(=O)C(C)CC(C)CCC1F.CC.CC=NC(/C=C\C)=C\C.CCCC. The van der Waals surface area contributed by atoms with Crippen LogP contribution in [0.15, 0.2) is 40.6 Å². The molecule has 0 fully saturated rings. The first-order valence-electron chi connectivity index (χ1n) is 15.3. The van der Waals surface area contributed by atoms with Crippen LogP contribution in [0.3, 0.4) is 0 Å². The molecule has 0 spiro atoms. The predicted octanol–water partition coefficient (Wildman–Crippen LogP) is 9.40. The summed E-state index contributed by atoms with van der Waals surface area (Å²) in [6.07, 6.45) is 12.0. The predicted molar refractivity (Wildman–Crippen MR) is 170 cm³/mol. The first kappa shape index (κ1) is 42.4. The van der Waals surface area contributed by atoms with Gasteiger partial charge in [-0.2, -0.15) is 0 Å².